The fraction of sp³-hybridized carbons (Fsp3) is 0.143. The van der Waals surface area contributed by atoms with E-state index in [0.29, 0.717) is 30.4 Å². The lowest BCUT2D eigenvalue weighted by molar-refractivity contribution is -0.143. The molecule has 1 N–H and O–H groups in total. The molecule has 28 heavy (non-hydrogen) atoms. The molecule has 7 heteroatoms. The van der Waals surface area contributed by atoms with Gasteiger partial charge in [-0.1, -0.05) is 30.3 Å². The average Bonchev–Trinajstić information content (AvgIpc) is 2.74. The number of fused-ring (bicyclic) bond motifs is 1. The Labute approximate surface area is 162 Å². The van der Waals surface area contributed by atoms with E-state index in [9.17, 15) is 9.59 Å². The predicted octanol–water partition coefficient (Wildman–Crippen LogP) is 2.79. The Kier molecular flexibility index (Phi) is 4.97. The Morgan fingerprint density at radius 3 is 2.71 bits per heavy atom. The summed E-state index contributed by atoms with van der Waals surface area (Å²) in [4.78, 5) is 34.5. The normalized spacial score (nSPS) is 12.8. The second-order valence-electron chi connectivity index (χ2n) is 6.37. The van der Waals surface area contributed by atoms with Gasteiger partial charge >= 0.3 is 11.8 Å². The highest BCUT2D eigenvalue weighted by Crippen LogP contribution is 2.23. The van der Waals surface area contributed by atoms with Crippen LogP contribution < -0.4 is 10.1 Å². The van der Waals surface area contributed by atoms with Crippen LogP contribution in [0.4, 0.5) is 5.69 Å². The minimum Gasteiger partial charge on any atom is -0.437 e. The average molecular weight is 374 g/mol. The predicted molar refractivity (Wildman–Crippen MR) is 103 cm³/mol. The Bertz CT molecular complexity index is 1010. The van der Waals surface area contributed by atoms with Gasteiger partial charge in [-0.05, 0) is 29.7 Å². The number of anilines is 1. The van der Waals surface area contributed by atoms with Gasteiger partial charge in [0, 0.05) is 37.2 Å². The molecular weight excluding hydrogens is 356 g/mol. The molecule has 0 saturated carbocycles. The summed E-state index contributed by atoms with van der Waals surface area (Å²) in [6.07, 6.45) is 5.31. The van der Waals surface area contributed by atoms with Gasteiger partial charge in [0.2, 0.25) is 5.88 Å². The highest BCUT2D eigenvalue weighted by Gasteiger charge is 2.25. The van der Waals surface area contributed by atoms with Crippen LogP contribution in [-0.2, 0) is 22.6 Å². The van der Waals surface area contributed by atoms with E-state index in [1.54, 1.807) is 35.4 Å². The molecular formula is C21H18N4O3. The number of amides is 2. The van der Waals surface area contributed by atoms with Crippen LogP contribution in [0, 0.1) is 0 Å². The lowest BCUT2D eigenvalue weighted by Crippen LogP contribution is -2.42. The number of nitrogens with zero attached hydrogens (tertiary/aromatic N) is 3. The monoisotopic (exact) mass is 374 g/mol. The van der Waals surface area contributed by atoms with E-state index in [-0.39, 0.29) is 0 Å². The van der Waals surface area contributed by atoms with E-state index in [4.69, 9.17) is 4.74 Å². The van der Waals surface area contributed by atoms with Crippen molar-refractivity contribution in [3.8, 4) is 11.6 Å². The van der Waals surface area contributed by atoms with Crippen molar-refractivity contribution in [3.63, 3.8) is 0 Å². The fourth-order valence-electron chi connectivity index (χ4n) is 3.09. The highest BCUT2D eigenvalue weighted by molar-refractivity contribution is 6.39. The maximum absolute atomic E-state index is 12.6. The third kappa shape index (κ3) is 3.98. The Morgan fingerprint density at radius 1 is 1.04 bits per heavy atom. The van der Waals surface area contributed by atoms with Crippen molar-refractivity contribution >= 4 is 17.5 Å². The van der Waals surface area contributed by atoms with Gasteiger partial charge < -0.3 is 15.0 Å². The molecule has 7 nitrogen and oxygen atoms in total. The van der Waals surface area contributed by atoms with E-state index >= 15 is 0 Å². The zero-order chi connectivity index (χ0) is 19.3. The zero-order valence-electron chi connectivity index (χ0n) is 15.0. The molecule has 0 atom stereocenters. The van der Waals surface area contributed by atoms with Gasteiger partial charge in [-0.3, -0.25) is 14.6 Å². The molecule has 1 aliphatic heterocycles. The molecule has 2 heterocycles. The molecule has 0 saturated heterocycles. The third-order valence-corrected chi connectivity index (χ3v) is 4.47. The van der Waals surface area contributed by atoms with E-state index in [1.807, 2.05) is 18.2 Å². The summed E-state index contributed by atoms with van der Waals surface area (Å²) in [5, 5.41) is 2.64. The van der Waals surface area contributed by atoms with Crippen molar-refractivity contribution in [2.75, 3.05) is 11.9 Å². The standard InChI is InChI=1S/C21H18N4O3/c26-20(21(27)25-11-8-15-4-1-2-5-16(15)14-25)24-17-6-3-7-18(12-17)28-19-13-22-9-10-23-19/h1-7,9-10,12-13H,8,11,14H2,(H,24,26). The first-order chi connectivity index (χ1) is 13.7. The van der Waals surface area contributed by atoms with Crippen molar-refractivity contribution < 1.29 is 14.3 Å². The second-order valence-corrected chi connectivity index (χ2v) is 6.37. The maximum Gasteiger partial charge on any atom is 0.313 e. The van der Waals surface area contributed by atoms with E-state index in [2.05, 4.69) is 21.4 Å². The molecule has 2 aromatic carbocycles. The van der Waals surface area contributed by atoms with Crippen LogP contribution >= 0.6 is 0 Å². The van der Waals surface area contributed by atoms with Gasteiger partial charge in [-0.2, -0.15) is 0 Å². The summed E-state index contributed by atoms with van der Waals surface area (Å²) in [5.74, 6) is -0.391. The van der Waals surface area contributed by atoms with Crippen molar-refractivity contribution in [2.45, 2.75) is 13.0 Å². The highest BCUT2D eigenvalue weighted by atomic mass is 16.5. The number of hydrogen-bond acceptors (Lipinski definition) is 5. The molecule has 2 amide bonds. The van der Waals surface area contributed by atoms with Gasteiger partial charge in [-0.15, -0.1) is 0 Å². The molecule has 4 rings (SSSR count). The lowest BCUT2D eigenvalue weighted by Gasteiger charge is -2.28. The number of hydrogen-bond donors (Lipinski definition) is 1. The lowest BCUT2D eigenvalue weighted by atomic mass is 10.00. The minimum absolute atomic E-state index is 0.342. The first-order valence-corrected chi connectivity index (χ1v) is 8.90. The molecule has 0 radical (unpaired) electrons. The Balaban J connectivity index is 1.41. The van der Waals surface area contributed by atoms with Gasteiger partial charge in [0.05, 0.1) is 6.20 Å². The molecule has 0 unspecified atom stereocenters. The van der Waals surface area contributed by atoms with E-state index < -0.39 is 11.8 Å². The number of ether oxygens (including phenoxy) is 1. The minimum atomic E-state index is -0.670. The summed E-state index contributed by atoms with van der Waals surface area (Å²) in [7, 11) is 0. The Morgan fingerprint density at radius 2 is 1.89 bits per heavy atom. The van der Waals surface area contributed by atoms with E-state index in [0.717, 1.165) is 12.0 Å². The van der Waals surface area contributed by atoms with Crippen LogP contribution in [0.25, 0.3) is 0 Å². The van der Waals surface area contributed by atoms with Crippen LogP contribution in [0.2, 0.25) is 0 Å². The number of rotatable bonds is 3. The summed E-state index contributed by atoms with van der Waals surface area (Å²) in [5.41, 5.74) is 2.77. The number of carbonyl (C=O) groups is 2. The largest absolute Gasteiger partial charge is 0.437 e. The van der Waals surface area contributed by atoms with Crippen molar-refractivity contribution in [2.24, 2.45) is 0 Å². The van der Waals surface area contributed by atoms with Crippen LogP contribution in [0.5, 0.6) is 11.6 Å². The number of carbonyl (C=O) groups excluding carboxylic acids is 2. The zero-order valence-corrected chi connectivity index (χ0v) is 15.0. The van der Waals surface area contributed by atoms with Crippen LogP contribution in [-0.4, -0.2) is 33.2 Å². The number of aromatic nitrogens is 2. The van der Waals surface area contributed by atoms with Gasteiger partial charge in [-0.25, -0.2) is 4.98 Å². The third-order valence-electron chi connectivity index (χ3n) is 4.47. The van der Waals surface area contributed by atoms with E-state index in [1.165, 1.54) is 18.0 Å². The summed E-state index contributed by atoms with van der Waals surface area (Å²) in [6.45, 7) is 0.970. The summed E-state index contributed by atoms with van der Waals surface area (Å²) >= 11 is 0. The molecule has 3 aromatic rings. The summed E-state index contributed by atoms with van der Waals surface area (Å²) < 4.78 is 5.60. The SMILES string of the molecule is O=C(Nc1cccc(Oc2cnccn2)c1)C(=O)N1CCc2ccccc2C1. The van der Waals surface area contributed by atoms with Crippen LogP contribution in [0.1, 0.15) is 11.1 Å². The molecule has 1 aromatic heterocycles. The first kappa shape index (κ1) is 17.7. The van der Waals surface area contributed by atoms with Crippen molar-refractivity contribution in [1.82, 2.24) is 14.9 Å². The quantitative estimate of drug-likeness (QED) is 0.713. The first-order valence-electron chi connectivity index (χ1n) is 8.90. The molecule has 0 aliphatic carbocycles. The molecule has 0 fully saturated rings. The maximum atomic E-state index is 12.6. The Hall–Kier alpha value is -3.74. The van der Waals surface area contributed by atoms with Gasteiger partial charge in [0.15, 0.2) is 0 Å². The number of nitrogens with one attached hydrogen (secondary N) is 1. The van der Waals surface area contributed by atoms with Crippen LogP contribution in [0.3, 0.4) is 0 Å². The fourth-order valence-corrected chi connectivity index (χ4v) is 3.09. The topological polar surface area (TPSA) is 84.4 Å². The second kappa shape index (κ2) is 7.87. The smallest absolute Gasteiger partial charge is 0.313 e. The summed E-state index contributed by atoms with van der Waals surface area (Å²) in [6, 6.07) is 14.7. The van der Waals surface area contributed by atoms with Crippen molar-refractivity contribution in [3.05, 3.63) is 78.2 Å². The molecule has 0 bridgehead atoms. The van der Waals surface area contributed by atoms with Crippen molar-refractivity contribution in [1.29, 1.82) is 0 Å². The molecule has 1 aliphatic rings. The van der Waals surface area contributed by atoms with Gasteiger partial charge in [0.25, 0.3) is 0 Å². The number of benzene rings is 2. The van der Waals surface area contributed by atoms with Gasteiger partial charge in [0.1, 0.15) is 5.75 Å². The molecule has 0 spiro atoms. The molecule has 140 valence electrons. The van der Waals surface area contributed by atoms with Crippen LogP contribution in [0.15, 0.2) is 67.1 Å².